The van der Waals surface area contributed by atoms with Gasteiger partial charge >= 0.3 is 6.09 Å². The Morgan fingerprint density at radius 1 is 0.974 bits per heavy atom. The van der Waals surface area contributed by atoms with Crippen LogP contribution in [0.4, 0.5) is 4.79 Å². The van der Waals surface area contributed by atoms with Gasteiger partial charge in [-0.25, -0.2) is 9.78 Å². The van der Waals surface area contributed by atoms with E-state index in [9.17, 15) is 9.59 Å². The average Bonchev–Trinajstić information content (AvgIpc) is 3.49. The topological polar surface area (TPSA) is 118 Å². The molecule has 1 aromatic heterocycles. The Hall–Kier alpha value is -4.25. The van der Waals surface area contributed by atoms with Gasteiger partial charge in [-0.1, -0.05) is 36.4 Å². The fraction of sp³-hybridized carbons (Fsp3) is 0.393. The molecule has 1 aliphatic rings. The molecule has 0 saturated carbocycles. The van der Waals surface area contributed by atoms with Crippen LogP contribution >= 0.6 is 0 Å². The van der Waals surface area contributed by atoms with Gasteiger partial charge in [0, 0.05) is 56.6 Å². The van der Waals surface area contributed by atoms with Crippen molar-refractivity contribution in [2.24, 2.45) is 0 Å². The Morgan fingerprint density at radius 3 is 2.36 bits per heavy atom. The Labute approximate surface area is 228 Å². The first-order valence-electron chi connectivity index (χ1n) is 12.8. The normalized spacial score (nSPS) is 14.4. The fourth-order valence-electron chi connectivity index (χ4n) is 4.60. The molecular weight excluding hydrogens is 502 g/mol. The number of benzene rings is 2. The first kappa shape index (κ1) is 27.8. The number of nitrogens with zero attached hydrogens (tertiary/aromatic N) is 3. The number of nitrogens with one attached hydrogen (secondary N) is 2. The molecule has 2 amide bonds. The van der Waals surface area contributed by atoms with Gasteiger partial charge in [-0.05, 0) is 11.6 Å². The van der Waals surface area contributed by atoms with Crippen molar-refractivity contribution in [3.05, 3.63) is 71.8 Å². The van der Waals surface area contributed by atoms with Crippen molar-refractivity contribution in [2.45, 2.75) is 25.6 Å². The van der Waals surface area contributed by atoms with Crippen LogP contribution < -0.4 is 19.5 Å². The van der Waals surface area contributed by atoms with Gasteiger partial charge in [-0.15, -0.1) is 0 Å². The molecule has 1 atom stereocenters. The van der Waals surface area contributed by atoms with E-state index in [-0.39, 0.29) is 18.9 Å². The number of methoxy groups -OCH3 is 3. The Balaban J connectivity index is 1.36. The van der Waals surface area contributed by atoms with Crippen molar-refractivity contribution in [1.82, 2.24) is 25.1 Å². The number of ether oxygens (including phenoxy) is 4. The first-order chi connectivity index (χ1) is 19.0. The zero-order valence-electron chi connectivity index (χ0n) is 22.5. The number of aromatic nitrogens is 2. The lowest BCUT2D eigenvalue weighted by Crippen LogP contribution is -2.55. The molecule has 2 aromatic carbocycles. The zero-order chi connectivity index (χ0) is 27.6. The molecule has 0 bridgehead atoms. The number of alkyl carbamates (subject to hydrolysis) is 1. The summed E-state index contributed by atoms with van der Waals surface area (Å²) in [7, 11) is 4.78. The summed E-state index contributed by atoms with van der Waals surface area (Å²) < 4.78 is 21.9. The second-order valence-corrected chi connectivity index (χ2v) is 9.13. The van der Waals surface area contributed by atoms with Crippen LogP contribution in [0.3, 0.4) is 0 Å². The van der Waals surface area contributed by atoms with Crippen LogP contribution in [0.1, 0.15) is 16.8 Å². The highest BCUT2D eigenvalue weighted by Crippen LogP contribution is 2.40. The molecule has 0 spiro atoms. The van der Waals surface area contributed by atoms with Crippen molar-refractivity contribution < 1.29 is 28.5 Å². The van der Waals surface area contributed by atoms with Gasteiger partial charge in [0.1, 0.15) is 12.6 Å². The fourth-order valence-corrected chi connectivity index (χ4v) is 4.60. The standard InChI is InChI=1S/C28H35N5O6/c1-36-24-10-9-21(25(37-2)26(24)38-3)17-32-11-13-33(14-12-32)27(34)23(15-22-16-29-19-30-22)31-28(35)39-18-20-7-5-4-6-8-20/h4-10,16,19,23H,11-15,17-18H2,1-3H3,(H,29,30)(H,31,35)/t23-/m0/s1. The van der Waals surface area contributed by atoms with Crippen molar-refractivity contribution >= 4 is 12.0 Å². The van der Waals surface area contributed by atoms with Crippen LogP contribution in [0.25, 0.3) is 0 Å². The molecule has 1 fully saturated rings. The molecule has 1 aliphatic heterocycles. The van der Waals surface area contributed by atoms with Crippen molar-refractivity contribution in [2.75, 3.05) is 47.5 Å². The number of amides is 2. The predicted molar refractivity (Wildman–Crippen MR) is 144 cm³/mol. The quantitative estimate of drug-likeness (QED) is 0.383. The number of piperazine rings is 1. The first-order valence-corrected chi connectivity index (χ1v) is 12.8. The number of rotatable bonds is 11. The van der Waals surface area contributed by atoms with Gasteiger partial charge in [0.25, 0.3) is 0 Å². The van der Waals surface area contributed by atoms with Gasteiger partial charge in [-0.2, -0.15) is 0 Å². The number of imidazole rings is 1. The third kappa shape index (κ3) is 7.20. The van der Waals surface area contributed by atoms with Crippen LogP contribution in [0, 0.1) is 0 Å². The van der Waals surface area contributed by atoms with E-state index < -0.39 is 12.1 Å². The number of carbonyl (C=O) groups is 2. The van der Waals surface area contributed by atoms with E-state index in [1.807, 2.05) is 42.5 Å². The molecule has 2 heterocycles. The molecule has 11 heteroatoms. The molecule has 4 rings (SSSR count). The minimum Gasteiger partial charge on any atom is -0.493 e. The Bertz CT molecular complexity index is 1210. The second kappa shape index (κ2) is 13.5. The highest BCUT2D eigenvalue weighted by molar-refractivity contribution is 5.86. The van der Waals surface area contributed by atoms with Crippen molar-refractivity contribution in [3.8, 4) is 17.2 Å². The highest BCUT2D eigenvalue weighted by Gasteiger charge is 2.30. The number of hydrogen-bond donors (Lipinski definition) is 2. The monoisotopic (exact) mass is 537 g/mol. The van der Waals surface area contributed by atoms with Crippen LogP contribution in [0.2, 0.25) is 0 Å². The Morgan fingerprint density at radius 2 is 1.72 bits per heavy atom. The van der Waals surface area contributed by atoms with Gasteiger partial charge < -0.3 is 34.1 Å². The molecule has 39 heavy (non-hydrogen) atoms. The maximum Gasteiger partial charge on any atom is 0.408 e. The molecule has 0 aliphatic carbocycles. The second-order valence-electron chi connectivity index (χ2n) is 9.13. The summed E-state index contributed by atoms with van der Waals surface area (Å²) in [6, 6.07) is 12.4. The van der Waals surface area contributed by atoms with E-state index in [1.54, 1.807) is 38.8 Å². The maximum atomic E-state index is 13.5. The third-order valence-corrected chi connectivity index (χ3v) is 6.65. The number of aromatic amines is 1. The van der Waals surface area contributed by atoms with Gasteiger partial charge in [0.15, 0.2) is 11.5 Å². The number of hydrogen-bond acceptors (Lipinski definition) is 8. The van der Waals surface area contributed by atoms with Crippen LogP contribution in [-0.4, -0.2) is 85.3 Å². The highest BCUT2D eigenvalue weighted by atomic mass is 16.5. The van der Waals surface area contributed by atoms with Crippen molar-refractivity contribution in [3.63, 3.8) is 0 Å². The molecule has 1 saturated heterocycles. The summed E-state index contributed by atoms with van der Waals surface area (Å²) >= 11 is 0. The average molecular weight is 538 g/mol. The van der Waals surface area contributed by atoms with E-state index in [4.69, 9.17) is 18.9 Å². The van der Waals surface area contributed by atoms with Gasteiger partial charge in [-0.3, -0.25) is 9.69 Å². The van der Waals surface area contributed by atoms with E-state index in [0.29, 0.717) is 50.0 Å². The lowest BCUT2D eigenvalue weighted by Gasteiger charge is -2.36. The minimum atomic E-state index is -0.786. The maximum absolute atomic E-state index is 13.5. The van der Waals surface area contributed by atoms with E-state index in [0.717, 1.165) is 16.8 Å². The predicted octanol–water partition coefficient (Wildman–Crippen LogP) is 2.62. The number of H-pyrrole nitrogens is 1. The van der Waals surface area contributed by atoms with E-state index in [1.165, 1.54) is 0 Å². The summed E-state index contributed by atoms with van der Waals surface area (Å²) in [5, 5.41) is 2.76. The lowest BCUT2D eigenvalue weighted by atomic mass is 10.1. The molecule has 3 aromatic rings. The largest absolute Gasteiger partial charge is 0.493 e. The molecule has 11 nitrogen and oxygen atoms in total. The molecule has 0 unspecified atom stereocenters. The Kier molecular flexibility index (Phi) is 9.63. The van der Waals surface area contributed by atoms with Crippen LogP contribution in [0.5, 0.6) is 17.2 Å². The van der Waals surface area contributed by atoms with Crippen LogP contribution in [0.15, 0.2) is 55.0 Å². The lowest BCUT2D eigenvalue weighted by molar-refractivity contribution is -0.135. The summed E-state index contributed by atoms with van der Waals surface area (Å²) in [6.07, 6.45) is 2.83. The van der Waals surface area contributed by atoms with E-state index >= 15 is 0 Å². The minimum absolute atomic E-state index is 0.121. The molecule has 208 valence electrons. The smallest absolute Gasteiger partial charge is 0.408 e. The van der Waals surface area contributed by atoms with Gasteiger partial charge in [0.2, 0.25) is 11.7 Å². The van der Waals surface area contributed by atoms with Crippen LogP contribution in [-0.2, 0) is 29.1 Å². The third-order valence-electron chi connectivity index (χ3n) is 6.65. The molecule has 0 radical (unpaired) electrons. The summed E-state index contributed by atoms with van der Waals surface area (Å²) in [4.78, 5) is 37.2. The summed E-state index contributed by atoms with van der Waals surface area (Å²) in [6.45, 7) is 3.13. The van der Waals surface area contributed by atoms with E-state index in [2.05, 4.69) is 20.2 Å². The summed E-state index contributed by atoms with van der Waals surface area (Å²) in [5.41, 5.74) is 2.58. The van der Waals surface area contributed by atoms with Gasteiger partial charge in [0.05, 0.1) is 27.7 Å². The SMILES string of the molecule is COc1ccc(CN2CCN(C(=O)[C@H](Cc3cnc[nH]3)NC(=O)OCc3ccccc3)CC2)c(OC)c1OC. The molecule has 2 N–H and O–H groups in total. The molecular formula is C28H35N5O6. The summed E-state index contributed by atoms with van der Waals surface area (Å²) in [5.74, 6) is 1.63. The number of carbonyl (C=O) groups excluding carboxylic acids is 2. The van der Waals surface area contributed by atoms with Crippen molar-refractivity contribution in [1.29, 1.82) is 0 Å². The zero-order valence-corrected chi connectivity index (χ0v) is 22.5.